The summed E-state index contributed by atoms with van der Waals surface area (Å²) in [4.78, 5) is 10.8. The third-order valence-electron chi connectivity index (χ3n) is 13.0. The van der Waals surface area contributed by atoms with Crippen LogP contribution >= 0.6 is 11.3 Å². The van der Waals surface area contributed by atoms with E-state index in [0.717, 1.165) is 39.2 Å². The van der Waals surface area contributed by atoms with Gasteiger partial charge in [0.05, 0.1) is 37.6 Å². The lowest BCUT2D eigenvalue weighted by molar-refractivity contribution is 0.966. The molecule has 1 aliphatic carbocycles. The average molecular weight is 813 g/mol. The van der Waals surface area contributed by atoms with Gasteiger partial charge in [-0.2, -0.15) is 0 Å². The van der Waals surface area contributed by atoms with Gasteiger partial charge in [0.15, 0.2) is 8.07 Å². The van der Waals surface area contributed by atoms with Gasteiger partial charge in [0.1, 0.15) is 5.52 Å². The van der Waals surface area contributed by atoms with E-state index in [-0.39, 0.29) is 5.92 Å². The molecule has 0 spiro atoms. The number of thiophene rings is 1. The molecule has 0 radical (unpaired) electrons. The molecule has 12 aromatic rings. The average Bonchev–Trinajstić information content (AvgIpc) is 4.08. The fourth-order valence-corrected chi connectivity index (χ4v) is 16.6. The van der Waals surface area contributed by atoms with Crippen LogP contribution in [0.3, 0.4) is 0 Å². The van der Waals surface area contributed by atoms with E-state index >= 15 is 0 Å². The number of imidazole rings is 2. The van der Waals surface area contributed by atoms with Crippen LogP contribution in [0, 0.1) is 0 Å². The fraction of sp³-hybridized carbons (Fsp3) is 0.0182. The maximum atomic E-state index is 5.64. The first-order valence-corrected chi connectivity index (χ1v) is 23.7. The van der Waals surface area contributed by atoms with E-state index in [4.69, 9.17) is 9.97 Å². The summed E-state index contributed by atoms with van der Waals surface area (Å²) < 4.78 is 7.15. The van der Waals surface area contributed by atoms with Crippen LogP contribution in [-0.4, -0.2) is 27.0 Å². The van der Waals surface area contributed by atoms with Crippen LogP contribution in [0.2, 0.25) is 0 Å². The number of para-hydroxylation sites is 2. The van der Waals surface area contributed by atoms with Gasteiger partial charge in [-0.25, -0.2) is 4.98 Å². The van der Waals surface area contributed by atoms with Gasteiger partial charge in [-0.05, 0) is 79.4 Å². The van der Waals surface area contributed by atoms with E-state index < -0.39 is 8.07 Å². The van der Waals surface area contributed by atoms with Crippen LogP contribution in [-0.2, 0) is 0 Å². The topological polar surface area (TPSA) is 35.1 Å². The lowest BCUT2D eigenvalue weighted by Gasteiger charge is -2.34. The zero-order valence-corrected chi connectivity index (χ0v) is 34.8. The Kier molecular flexibility index (Phi) is 7.52. The van der Waals surface area contributed by atoms with Crippen molar-refractivity contribution in [2.45, 2.75) is 5.92 Å². The van der Waals surface area contributed by atoms with Crippen LogP contribution in [0.15, 0.2) is 212 Å². The van der Waals surface area contributed by atoms with Gasteiger partial charge in [0.2, 0.25) is 5.78 Å². The molecule has 13 rings (SSSR count). The van der Waals surface area contributed by atoms with Gasteiger partial charge in [-0.15, -0.1) is 11.3 Å². The number of hydrogen-bond acceptors (Lipinski definition) is 3. The highest BCUT2D eigenvalue weighted by molar-refractivity contribution is 7.26. The van der Waals surface area contributed by atoms with Crippen molar-refractivity contribution in [3.05, 3.63) is 229 Å². The van der Waals surface area contributed by atoms with Gasteiger partial charge in [-0.1, -0.05) is 170 Å². The molecule has 0 aliphatic heterocycles. The Morgan fingerprint density at radius 2 is 1.02 bits per heavy atom. The highest BCUT2D eigenvalue weighted by Crippen LogP contribution is 2.51. The summed E-state index contributed by atoms with van der Waals surface area (Å²) in [5.74, 6) is 0.973. The van der Waals surface area contributed by atoms with Crippen molar-refractivity contribution in [2.75, 3.05) is 0 Å². The molecule has 61 heavy (non-hydrogen) atoms. The number of rotatable bonds is 6. The molecule has 6 heteroatoms. The van der Waals surface area contributed by atoms with Crippen LogP contribution in [0.25, 0.3) is 64.8 Å². The number of benzene rings is 8. The predicted molar refractivity (Wildman–Crippen MR) is 257 cm³/mol. The van der Waals surface area contributed by atoms with Crippen molar-refractivity contribution in [3.8, 4) is 16.8 Å². The number of fused-ring (bicyclic) bond motifs is 12. The van der Waals surface area contributed by atoms with Gasteiger partial charge in [0, 0.05) is 22.7 Å². The molecule has 0 bridgehead atoms. The second-order valence-electron chi connectivity index (χ2n) is 16.1. The zero-order chi connectivity index (χ0) is 40.1. The SMILES string of the molecule is c1ccc([Si](c2ccccc2)(c2ccccc2)c2cccc(-n3c4ccccc4n4c5ccc6c7ccnc(C8c9ccccc9-c9ccccc98)c7sc6c5nc34)c2)cc1. The third-order valence-corrected chi connectivity index (χ3v) is 19.0. The molecular formula is C55H36N4SSi. The molecule has 4 heterocycles. The quantitative estimate of drug-likeness (QED) is 0.124. The van der Waals surface area contributed by atoms with Gasteiger partial charge >= 0.3 is 0 Å². The largest absolute Gasteiger partial charge is 0.278 e. The Morgan fingerprint density at radius 3 is 1.67 bits per heavy atom. The van der Waals surface area contributed by atoms with Crippen LogP contribution in [0.4, 0.5) is 0 Å². The van der Waals surface area contributed by atoms with Crippen molar-refractivity contribution in [1.82, 2.24) is 18.9 Å². The smallest absolute Gasteiger partial charge is 0.220 e. The standard InChI is InChI=1S/C55H36N4SSi/c1-4-18-37(19-5-1)61(38-20-6-2-7-21-38,39-22-8-3-9-23-39)40-24-16-17-36(35-40)58-47-29-14-15-30-48(47)59-49-32-31-45-46-33-34-56-52(54(46)60-53(45)51(49)57-55(58)59)50-43-27-12-10-25-41(43)42-26-11-13-28-44(42)50/h1-35,50H. The number of nitrogens with zero attached hydrogens (tertiary/aromatic N) is 4. The molecule has 0 saturated carbocycles. The summed E-state index contributed by atoms with van der Waals surface area (Å²) in [6.45, 7) is 0. The first-order valence-electron chi connectivity index (χ1n) is 20.9. The molecule has 0 amide bonds. The van der Waals surface area contributed by atoms with Crippen molar-refractivity contribution >= 4 is 88.2 Å². The fourth-order valence-electron chi connectivity index (χ4n) is 10.5. The van der Waals surface area contributed by atoms with E-state index in [0.29, 0.717) is 0 Å². The molecule has 1 aliphatic rings. The maximum Gasteiger partial charge on any atom is 0.220 e. The lowest BCUT2D eigenvalue weighted by Crippen LogP contribution is -2.74. The summed E-state index contributed by atoms with van der Waals surface area (Å²) in [5, 5.41) is 7.83. The summed E-state index contributed by atoms with van der Waals surface area (Å²) in [7, 11) is -2.77. The van der Waals surface area contributed by atoms with Crippen molar-refractivity contribution in [1.29, 1.82) is 0 Å². The molecule has 0 unspecified atom stereocenters. The van der Waals surface area contributed by atoms with Gasteiger partial charge in [-0.3, -0.25) is 14.0 Å². The Morgan fingerprint density at radius 1 is 0.459 bits per heavy atom. The lowest BCUT2D eigenvalue weighted by atomic mass is 9.92. The second-order valence-corrected chi connectivity index (χ2v) is 20.9. The molecule has 0 N–H and O–H groups in total. The summed E-state index contributed by atoms with van der Waals surface area (Å²) >= 11 is 1.84. The summed E-state index contributed by atoms with van der Waals surface area (Å²) in [6, 6.07) is 75.9. The highest BCUT2D eigenvalue weighted by atomic mass is 32.1. The Hall–Kier alpha value is -7.38. The minimum absolute atomic E-state index is 0.0691. The Balaban J connectivity index is 1.06. The van der Waals surface area contributed by atoms with E-state index in [2.05, 4.69) is 215 Å². The van der Waals surface area contributed by atoms with Crippen molar-refractivity contribution in [3.63, 3.8) is 0 Å². The van der Waals surface area contributed by atoms with Crippen LogP contribution < -0.4 is 20.7 Å². The predicted octanol–water partition coefficient (Wildman–Crippen LogP) is 10.7. The monoisotopic (exact) mass is 812 g/mol. The molecule has 4 aromatic heterocycles. The van der Waals surface area contributed by atoms with Crippen LogP contribution in [0.1, 0.15) is 22.7 Å². The third kappa shape index (κ3) is 4.86. The molecule has 8 aromatic carbocycles. The molecular weight excluding hydrogens is 777 g/mol. The van der Waals surface area contributed by atoms with E-state index in [1.807, 2.05) is 17.5 Å². The Labute approximate surface area is 357 Å². The first-order chi connectivity index (χ1) is 30.3. The molecule has 0 saturated heterocycles. The molecule has 286 valence electrons. The van der Waals surface area contributed by atoms with Crippen LogP contribution in [0.5, 0.6) is 0 Å². The Bertz CT molecular complexity index is 3520. The van der Waals surface area contributed by atoms with E-state index in [1.165, 1.54) is 63.2 Å². The summed E-state index contributed by atoms with van der Waals surface area (Å²) in [6.07, 6.45) is 2.00. The zero-order valence-electron chi connectivity index (χ0n) is 33.0. The summed E-state index contributed by atoms with van der Waals surface area (Å²) in [5.41, 5.74) is 11.8. The van der Waals surface area contributed by atoms with E-state index in [1.54, 1.807) is 0 Å². The molecule has 0 atom stereocenters. The first kappa shape index (κ1) is 34.5. The molecule has 4 nitrogen and oxygen atoms in total. The minimum atomic E-state index is -2.77. The molecule has 0 fully saturated rings. The number of pyridine rings is 1. The number of hydrogen-bond donors (Lipinski definition) is 0. The maximum absolute atomic E-state index is 5.64. The minimum Gasteiger partial charge on any atom is -0.278 e. The normalized spacial score (nSPS) is 12.9. The second kappa shape index (κ2) is 13.3. The van der Waals surface area contributed by atoms with Crippen molar-refractivity contribution < 1.29 is 0 Å². The van der Waals surface area contributed by atoms with Gasteiger partial charge < -0.3 is 0 Å². The van der Waals surface area contributed by atoms with E-state index in [9.17, 15) is 0 Å². The van der Waals surface area contributed by atoms with Crippen molar-refractivity contribution in [2.24, 2.45) is 0 Å². The number of aromatic nitrogens is 4. The van der Waals surface area contributed by atoms with Gasteiger partial charge in [0.25, 0.3) is 0 Å². The highest BCUT2D eigenvalue weighted by Gasteiger charge is 2.41.